The second-order valence-corrected chi connectivity index (χ2v) is 7.87. The van der Waals surface area contributed by atoms with Gasteiger partial charge in [-0.2, -0.15) is 0 Å². The molecule has 0 bridgehead atoms. The van der Waals surface area contributed by atoms with Crippen molar-refractivity contribution in [2.45, 2.75) is 19.5 Å². The van der Waals surface area contributed by atoms with Crippen LogP contribution in [0.4, 0.5) is 5.69 Å². The molecular formula is C26H26N2O2. The Labute approximate surface area is 177 Å². The second kappa shape index (κ2) is 8.95. The van der Waals surface area contributed by atoms with Crippen LogP contribution in [0, 0.1) is 11.8 Å². The van der Waals surface area contributed by atoms with Crippen molar-refractivity contribution in [1.82, 2.24) is 4.90 Å². The van der Waals surface area contributed by atoms with Crippen molar-refractivity contribution in [3.8, 4) is 0 Å². The molecule has 0 saturated heterocycles. The summed E-state index contributed by atoms with van der Waals surface area (Å²) >= 11 is 0. The number of nitrogens with zero attached hydrogens (tertiary/aromatic N) is 2. The highest BCUT2D eigenvalue weighted by molar-refractivity contribution is 6.01. The predicted octanol–water partition coefficient (Wildman–Crippen LogP) is 4.51. The highest BCUT2D eigenvalue weighted by Gasteiger charge is 2.50. The number of benzene rings is 3. The molecule has 4 heteroatoms. The first kappa shape index (κ1) is 19.9. The van der Waals surface area contributed by atoms with Gasteiger partial charge in [0.15, 0.2) is 0 Å². The van der Waals surface area contributed by atoms with Gasteiger partial charge in [0.2, 0.25) is 11.8 Å². The van der Waals surface area contributed by atoms with Gasteiger partial charge in [-0.3, -0.25) is 9.59 Å². The van der Waals surface area contributed by atoms with Crippen molar-refractivity contribution in [1.29, 1.82) is 0 Å². The Bertz CT molecular complexity index is 989. The molecule has 0 aliphatic heterocycles. The van der Waals surface area contributed by atoms with Crippen molar-refractivity contribution in [3.63, 3.8) is 0 Å². The fraction of sp³-hybridized carbons (Fsp3) is 0.231. The quantitative estimate of drug-likeness (QED) is 0.587. The summed E-state index contributed by atoms with van der Waals surface area (Å²) in [5.41, 5.74) is 3.02. The molecule has 3 aromatic rings. The van der Waals surface area contributed by atoms with E-state index in [2.05, 4.69) is 0 Å². The zero-order valence-electron chi connectivity index (χ0n) is 17.1. The largest absolute Gasteiger partial charge is 0.341 e. The number of hydrogen-bond donors (Lipinski definition) is 0. The number of carbonyl (C=O) groups excluding carboxylic acids is 2. The highest BCUT2D eigenvalue weighted by Crippen LogP contribution is 2.42. The molecule has 1 aliphatic rings. The third-order valence-corrected chi connectivity index (χ3v) is 5.58. The van der Waals surface area contributed by atoms with Crippen LogP contribution in [0.15, 0.2) is 91.0 Å². The fourth-order valence-electron chi connectivity index (χ4n) is 3.83. The summed E-state index contributed by atoms with van der Waals surface area (Å²) < 4.78 is 0. The van der Waals surface area contributed by atoms with Crippen molar-refractivity contribution in [2.24, 2.45) is 11.8 Å². The van der Waals surface area contributed by atoms with Crippen LogP contribution < -0.4 is 4.90 Å². The van der Waals surface area contributed by atoms with E-state index in [1.54, 1.807) is 4.90 Å². The molecule has 152 valence electrons. The van der Waals surface area contributed by atoms with Crippen LogP contribution in [0.2, 0.25) is 0 Å². The second-order valence-electron chi connectivity index (χ2n) is 7.87. The van der Waals surface area contributed by atoms with E-state index in [4.69, 9.17) is 0 Å². The summed E-state index contributed by atoms with van der Waals surface area (Å²) in [5.74, 6) is -0.408. The number of anilines is 1. The Kier molecular flexibility index (Phi) is 5.94. The highest BCUT2D eigenvalue weighted by atomic mass is 16.2. The van der Waals surface area contributed by atoms with Gasteiger partial charge in [-0.15, -0.1) is 0 Å². The first-order chi connectivity index (χ1) is 14.6. The Morgan fingerprint density at radius 2 is 1.17 bits per heavy atom. The minimum Gasteiger partial charge on any atom is -0.341 e. The molecule has 1 saturated carbocycles. The van der Waals surface area contributed by atoms with Gasteiger partial charge in [0.25, 0.3) is 0 Å². The van der Waals surface area contributed by atoms with E-state index in [0.29, 0.717) is 19.5 Å². The molecule has 0 aromatic heterocycles. The monoisotopic (exact) mass is 398 g/mol. The summed E-state index contributed by atoms with van der Waals surface area (Å²) in [5, 5.41) is 0. The van der Waals surface area contributed by atoms with Gasteiger partial charge >= 0.3 is 0 Å². The molecule has 30 heavy (non-hydrogen) atoms. The standard InChI is InChI=1S/C26H26N2O2/c1-27(18-20-11-5-2-6-12-20)25(29)23-17-24(23)26(30)28(22-15-9-4-10-16-22)19-21-13-7-3-8-14-21/h2-16,23-24H,17-19H2,1H3. The Balaban J connectivity index is 1.45. The molecule has 1 aliphatic carbocycles. The van der Waals surface area contributed by atoms with Crippen LogP contribution in [0.25, 0.3) is 0 Å². The summed E-state index contributed by atoms with van der Waals surface area (Å²) in [7, 11) is 1.81. The molecule has 0 N–H and O–H groups in total. The summed E-state index contributed by atoms with van der Waals surface area (Å²) in [6.07, 6.45) is 0.620. The lowest BCUT2D eigenvalue weighted by Crippen LogP contribution is -2.34. The summed E-state index contributed by atoms with van der Waals surface area (Å²) in [6.45, 7) is 1.06. The molecule has 2 unspecified atom stereocenters. The maximum Gasteiger partial charge on any atom is 0.231 e. The third kappa shape index (κ3) is 4.60. The molecule has 4 nitrogen and oxygen atoms in total. The topological polar surface area (TPSA) is 40.6 Å². The summed E-state index contributed by atoms with van der Waals surface area (Å²) in [6, 6.07) is 29.6. The van der Waals surface area contributed by atoms with E-state index >= 15 is 0 Å². The number of hydrogen-bond acceptors (Lipinski definition) is 2. The van der Waals surface area contributed by atoms with E-state index in [9.17, 15) is 9.59 Å². The Hall–Kier alpha value is -3.40. The molecule has 2 amide bonds. The van der Waals surface area contributed by atoms with Gasteiger partial charge < -0.3 is 9.80 Å². The lowest BCUT2D eigenvalue weighted by atomic mass is 10.1. The van der Waals surface area contributed by atoms with Crippen molar-refractivity contribution in [3.05, 3.63) is 102 Å². The molecule has 3 aromatic carbocycles. The molecule has 1 fully saturated rings. The fourth-order valence-corrected chi connectivity index (χ4v) is 3.83. The maximum absolute atomic E-state index is 13.4. The van der Waals surface area contributed by atoms with Crippen molar-refractivity contribution >= 4 is 17.5 Å². The van der Waals surface area contributed by atoms with Crippen LogP contribution in [0.1, 0.15) is 17.5 Å². The van der Waals surface area contributed by atoms with E-state index in [0.717, 1.165) is 16.8 Å². The zero-order valence-corrected chi connectivity index (χ0v) is 17.1. The Morgan fingerprint density at radius 1 is 0.700 bits per heavy atom. The van der Waals surface area contributed by atoms with Gasteiger partial charge in [0.05, 0.1) is 18.4 Å². The predicted molar refractivity (Wildman–Crippen MR) is 119 cm³/mol. The van der Waals surface area contributed by atoms with Gasteiger partial charge in [0, 0.05) is 19.3 Å². The molecule has 0 radical (unpaired) electrons. The maximum atomic E-state index is 13.4. The average molecular weight is 399 g/mol. The first-order valence-electron chi connectivity index (χ1n) is 10.3. The van der Waals surface area contributed by atoms with Crippen molar-refractivity contribution < 1.29 is 9.59 Å². The normalized spacial score (nSPS) is 17.2. The average Bonchev–Trinajstić information content (AvgIpc) is 3.59. The van der Waals surface area contributed by atoms with Crippen LogP contribution in [-0.4, -0.2) is 23.8 Å². The minimum atomic E-state index is -0.250. The van der Waals surface area contributed by atoms with E-state index in [1.165, 1.54) is 0 Å². The molecular weight excluding hydrogens is 372 g/mol. The number of para-hydroxylation sites is 1. The molecule has 2 atom stereocenters. The van der Waals surface area contributed by atoms with E-state index < -0.39 is 0 Å². The number of amides is 2. The first-order valence-corrected chi connectivity index (χ1v) is 10.3. The van der Waals surface area contributed by atoms with Crippen LogP contribution >= 0.6 is 0 Å². The van der Waals surface area contributed by atoms with E-state index in [-0.39, 0.29) is 23.7 Å². The Morgan fingerprint density at radius 3 is 1.73 bits per heavy atom. The number of carbonyl (C=O) groups is 2. The van der Waals surface area contributed by atoms with Crippen molar-refractivity contribution in [2.75, 3.05) is 11.9 Å². The van der Waals surface area contributed by atoms with Gasteiger partial charge in [0.1, 0.15) is 0 Å². The molecule has 0 heterocycles. The molecule has 4 rings (SSSR count). The van der Waals surface area contributed by atoms with Crippen LogP contribution in [0.5, 0.6) is 0 Å². The zero-order chi connectivity index (χ0) is 20.9. The van der Waals surface area contributed by atoms with Gasteiger partial charge in [-0.1, -0.05) is 78.9 Å². The summed E-state index contributed by atoms with van der Waals surface area (Å²) in [4.78, 5) is 29.8. The smallest absolute Gasteiger partial charge is 0.231 e. The van der Waals surface area contributed by atoms with Gasteiger partial charge in [-0.25, -0.2) is 0 Å². The lowest BCUT2D eigenvalue weighted by Gasteiger charge is -2.24. The molecule has 0 spiro atoms. The SMILES string of the molecule is CN(Cc1ccccc1)C(=O)C1CC1C(=O)N(Cc1ccccc1)c1ccccc1. The number of rotatable bonds is 7. The van der Waals surface area contributed by atoms with E-state index in [1.807, 2.05) is 103 Å². The third-order valence-electron chi connectivity index (χ3n) is 5.58. The van der Waals surface area contributed by atoms with Crippen LogP contribution in [0.3, 0.4) is 0 Å². The minimum absolute atomic E-state index is 0.0246. The van der Waals surface area contributed by atoms with Gasteiger partial charge in [-0.05, 0) is 29.7 Å². The lowest BCUT2D eigenvalue weighted by molar-refractivity contribution is -0.133. The van der Waals surface area contributed by atoms with Crippen LogP contribution in [-0.2, 0) is 22.7 Å².